The van der Waals surface area contributed by atoms with E-state index in [9.17, 15) is 0 Å². The molecule has 0 amide bonds. The lowest BCUT2D eigenvalue weighted by atomic mass is 10.1. The van der Waals surface area contributed by atoms with Crippen LogP contribution in [0, 0.1) is 12.8 Å². The van der Waals surface area contributed by atoms with Crippen molar-refractivity contribution in [2.75, 3.05) is 31.7 Å². The van der Waals surface area contributed by atoms with Crippen molar-refractivity contribution < 1.29 is 4.74 Å². The van der Waals surface area contributed by atoms with Crippen molar-refractivity contribution in [3.05, 3.63) is 23.4 Å². The quantitative estimate of drug-likeness (QED) is 0.879. The number of nitrogens with two attached hydrogens (primary N) is 1. The molecule has 4 heteroatoms. The monoisotopic (exact) mass is 263 g/mol. The van der Waals surface area contributed by atoms with E-state index < -0.39 is 0 Å². The van der Waals surface area contributed by atoms with E-state index in [4.69, 9.17) is 10.5 Å². The molecule has 2 unspecified atom stereocenters. The minimum absolute atomic E-state index is 0.185. The minimum Gasteiger partial charge on any atom is -0.384 e. The fourth-order valence-electron chi connectivity index (χ4n) is 2.84. The fourth-order valence-corrected chi connectivity index (χ4v) is 2.84. The van der Waals surface area contributed by atoms with Gasteiger partial charge in [-0.2, -0.15) is 0 Å². The maximum absolute atomic E-state index is 5.83. The first-order chi connectivity index (χ1) is 9.10. The number of methoxy groups -OCH3 is 1. The Bertz CT molecular complexity index is 420. The Morgan fingerprint density at radius 1 is 1.58 bits per heavy atom. The third-order valence-corrected chi connectivity index (χ3v) is 3.65. The second kappa shape index (κ2) is 6.35. The summed E-state index contributed by atoms with van der Waals surface area (Å²) in [6, 6.07) is 2.40. The summed E-state index contributed by atoms with van der Waals surface area (Å²) in [6.07, 6.45) is 4.05. The lowest BCUT2D eigenvalue weighted by Crippen LogP contribution is -2.23. The van der Waals surface area contributed by atoms with Gasteiger partial charge in [-0.1, -0.05) is 6.07 Å². The van der Waals surface area contributed by atoms with Crippen LogP contribution < -0.4 is 10.6 Å². The summed E-state index contributed by atoms with van der Waals surface area (Å²) in [4.78, 5) is 7.01. The lowest BCUT2D eigenvalue weighted by Gasteiger charge is -2.20. The molecule has 1 aliphatic heterocycles. The molecule has 1 aromatic heterocycles. The predicted octanol–water partition coefficient (Wildman–Crippen LogP) is 1.75. The molecule has 2 rings (SSSR count). The van der Waals surface area contributed by atoms with Gasteiger partial charge in [-0.3, -0.25) is 0 Å². The van der Waals surface area contributed by atoms with Gasteiger partial charge in [0.05, 0.1) is 6.61 Å². The van der Waals surface area contributed by atoms with Gasteiger partial charge in [-0.25, -0.2) is 4.98 Å². The molecule has 19 heavy (non-hydrogen) atoms. The molecule has 0 aromatic carbocycles. The number of rotatable bonds is 5. The van der Waals surface area contributed by atoms with Crippen molar-refractivity contribution in [1.29, 1.82) is 0 Å². The molecule has 2 atom stereocenters. The van der Waals surface area contributed by atoms with Gasteiger partial charge in [0.2, 0.25) is 0 Å². The maximum Gasteiger partial charge on any atom is 0.131 e. The van der Waals surface area contributed by atoms with E-state index in [0.717, 1.165) is 31.9 Å². The zero-order chi connectivity index (χ0) is 13.8. The van der Waals surface area contributed by atoms with Crippen LogP contribution in [0.2, 0.25) is 0 Å². The van der Waals surface area contributed by atoms with Crippen molar-refractivity contribution in [2.24, 2.45) is 11.7 Å². The summed E-state index contributed by atoms with van der Waals surface area (Å²) in [5, 5.41) is 0. The number of hydrogen-bond donors (Lipinski definition) is 1. The standard InChI is InChI=1S/C15H25N3O/c1-11-6-14(7-12(2)16)8-17-15(11)18-5-4-13(9-18)10-19-3/h6,8,12-13H,4-5,7,9-10,16H2,1-3H3. The molecule has 0 spiro atoms. The first-order valence-electron chi connectivity index (χ1n) is 7.05. The molecule has 0 bridgehead atoms. The van der Waals surface area contributed by atoms with Crippen molar-refractivity contribution in [3.8, 4) is 0 Å². The van der Waals surface area contributed by atoms with Gasteiger partial charge in [0.25, 0.3) is 0 Å². The van der Waals surface area contributed by atoms with Gasteiger partial charge in [-0.15, -0.1) is 0 Å². The third-order valence-electron chi connectivity index (χ3n) is 3.65. The van der Waals surface area contributed by atoms with E-state index in [1.807, 2.05) is 13.1 Å². The molecular formula is C15H25N3O. The minimum atomic E-state index is 0.185. The van der Waals surface area contributed by atoms with E-state index in [1.54, 1.807) is 7.11 Å². The number of anilines is 1. The van der Waals surface area contributed by atoms with Gasteiger partial charge in [0, 0.05) is 38.4 Å². The molecule has 106 valence electrons. The smallest absolute Gasteiger partial charge is 0.131 e. The Kier molecular flexibility index (Phi) is 4.77. The molecule has 1 aliphatic rings. The van der Waals surface area contributed by atoms with Crippen LogP contribution in [-0.2, 0) is 11.2 Å². The van der Waals surface area contributed by atoms with E-state index >= 15 is 0 Å². The summed E-state index contributed by atoms with van der Waals surface area (Å²) in [5.41, 5.74) is 8.31. The summed E-state index contributed by atoms with van der Waals surface area (Å²) < 4.78 is 5.24. The SMILES string of the molecule is COCC1CCN(c2ncc(CC(C)N)cc2C)C1. The number of nitrogens with zero attached hydrogens (tertiary/aromatic N) is 2. The number of pyridine rings is 1. The second-order valence-corrected chi connectivity index (χ2v) is 5.72. The molecule has 1 aromatic rings. The van der Waals surface area contributed by atoms with Gasteiger partial charge < -0.3 is 15.4 Å². The Balaban J connectivity index is 2.05. The third kappa shape index (κ3) is 3.67. The molecule has 0 saturated carbocycles. The second-order valence-electron chi connectivity index (χ2n) is 5.72. The Labute approximate surface area is 116 Å². The maximum atomic E-state index is 5.83. The largest absolute Gasteiger partial charge is 0.384 e. The molecule has 1 fully saturated rings. The van der Waals surface area contributed by atoms with Gasteiger partial charge in [-0.05, 0) is 37.8 Å². The number of hydrogen-bond acceptors (Lipinski definition) is 4. The molecule has 2 N–H and O–H groups in total. The van der Waals surface area contributed by atoms with Crippen LogP contribution in [0.1, 0.15) is 24.5 Å². The number of ether oxygens (including phenoxy) is 1. The summed E-state index contributed by atoms with van der Waals surface area (Å²) in [5.74, 6) is 1.75. The summed E-state index contributed by atoms with van der Waals surface area (Å²) >= 11 is 0. The summed E-state index contributed by atoms with van der Waals surface area (Å²) in [7, 11) is 1.77. The lowest BCUT2D eigenvalue weighted by molar-refractivity contribution is 0.161. The van der Waals surface area contributed by atoms with Crippen LogP contribution in [0.3, 0.4) is 0 Å². The van der Waals surface area contributed by atoms with E-state index in [1.165, 1.54) is 17.5 Å². The number of aryl methyl sites for hydroxylation is 1. The highest BCUT2D eigenvalue weighted by atomic mass is 16.5. The molecule has 0 radical (unpaired) electrons. The Morgan fingerprint density at radius 2 is 2.37 bits per heavy atom. The highest BCUT2D eigenvalue weighted by molar-refractivity contribution is 5.48. The van der Waals surface area contributed by atoms with Gasteiger partial charge in [0.15, 0.2) is 0 Å². The van der Waals surface area contributed by atoms with Crippen LogP contribution in [0.25, 0.3) is 0 Å². The fraction of sp³-hybridized carbons (Fsp3) is 0.667. The molecule has 0 aliphatic carbocycles. The van der Waals surface area contributed by atoms with Crippen LogP contribution >= 0.6 is 0 Å². The van der Waals surface area contributed by atoms with Gasteiger partial charge >= 0.3 is 0 Å². The van der Waals surface area contributed by atoms with E-state index in [-0.39, 0.29) is 6.04 Å². The zero-order valence-corrected chi connectivity index (χ0v) is 12.2. The normalized spacial score (nSPS) is 20.8. The zero-order valence-electron chi connectivity index (χ0n) is 12.2. The van der Waals surface area contributed by atoms with Gasteiger partial charge in [0.1, 0.15) is 5.82 Å². The van der Waals surface area contributed by atoms with Crippen molar-refractivity contribution in [3.63, 3.8) is 0 Å². The Hall–Kier alpha value is -1.13. The highest BCUT2D eigenvalue weighted by Gasteiger charge is 2.24. The molecule has 4 nitrogen and oxygen atoms in total. The van der Waals surface area contributed by atoms with Crippen LogP contribution in [0.15, 0.2) is 12.3 Å². The average molecular weight is 263 g/mol. The van der Waals surface area contributed by atoms with E-state index in [0.29, 0.717) is 5.92 Å². The van der Waals surface area contributed by atoms with E-state index in [2.05, 4.69) is 22.9 Å². The molecule has 2 heterocycles. The van der Waals surface area contributed by atoms with Crippen molar-refractivity contribution >= 4 is 5.82 Å². The predicted molar refractivity (Wildman–Crippen MR) is 78.5 cm³/mol. The van der Waals surface area contributed by atoms with Crippen molar-refractivity contribution in [1.82, 2.24) is 4.98 Å². The van der Waals surface area contributed by atoms with Crippen LogP contribution in [0.4, 0.5) is 5.82 Å². The first-order valence-corrected chi connectivity index (χ1v) is 7.05. The topological polar surface area (TPSA) is 51.4 Å². The summed E-state index contributed by atoms with van der Waals surface area (Å²) in [6.45, 7) is 7.14. The Morgan fingerprint density at radius 3 is 3.00 bits per heavy atom. The molecule has 1 saturated heterocycles. The van der Waals surface area contributed by atoms with Crippen LogP contribution in [0.5, 0.6) is 0 Å². The number of aromatic nitrogens is 1. The highest BCUT2D eigenvalue weighted by Crippen LogP contribution is 2.25. The first kappa shape index (κ1) is 14.3. The van der Waals surface area contributed by atoms with Crippen LogP contribution in [-0.4, -0.2) is 37.8 Å². The molecular weight excluding hydrogens is 238 g/mol. The van der Waals surface area contributed by atoms with Crippen molar-refractivity contribution in [2.45, 2.75) is 32.7 Å². The average Bonchev–Trinajstić information content (AvgIpc) is 2.77.